The van der Waals surface area contributed by atoms with Crippen LogP contribution in [0.25, 0.3) is 89.4 Å². The molecule has 0 spiro atoms. The van der Waals surface area contributed by atoms with Crippen molar-refractivity contribution in [2.45, 2.75) is 24.7 Å². The first-order chi connectivity index (χ1) is 25.3. The normalized spacial score (nSPS) is 16.1. The molecule has 51 heavy (non-hydrogen) atoms. The highest BCUT2D eigenvalue weighted by Gasteiger charge is 2.42. The molecule has 1 saturated carbocycles. The molecule has 0 radical (unpaired) electrons. The predicted molar refractivity (Wildman–Crippen MR) is 204 cm³/mol. The zero-order valence-electron chi connectivity index (χ0n) is 27.6. The third-order valence-electron chi connectivity index (χ3n) is 11.0. The summed E-state index contributed by atoms with van der Waals surface area (Å²) >= 11 is 0. The van der Waals surface area contributed by atoms with Gasteiger partial charge in [0.25, 0.3) is 0 Å². The fourth-order valence-electron chi connectivity index (χ4n) is 8.47. The lowest BCUT2D eigenvalue weighted by Crippen LogP contribution is -2.27. The van der Waals surface area contributed by atoms with E-state index in [-0.39, 0.29) is 0 Å². The average molecular weight is 655 g/mol. The van der Waals surface area contributed by atoms with Gasteiger partial charge in [0.1, 0.15) is 5.52 Å². The maximum Gasteiger partial charge on any atom is 0.228 e. The van der Waals surface area contributed by atoms with E-state index in [1.807, 2.05) is 54.6 Å². The van der Waals surface area contributed by atoms with Gasteiger partial charge in [0, 0.05) is 27.6 Å². The number of benzene rings is 7. The summed E-state index contributed by atoms with van der Waals surface area (Å²) < 4.78 is 6.46. The van der Waals surface area contributed by atoms with Crippen LogP contribution in [0, 0.1) is 0 Å². The molecular weight excluding hydrogens is 625 g/mol. The Bertz CT molecular complexity index is 2840. The average Bonchev–Trinajstić information content (AvgIpc) is 3.63. The van der Waals surface area contributed by atoms with Gasteiger partial charge in [-0.2, -0.15) is 0 Å². The number of aromatic nitrogens is 4. The second kappa shape index (κ2) is 11.0. The Morgan fingerprint density at radius 3 is 1.94 bits per heavy atom. The van der Waals surface area contributed by atoms with Crippen molar-refractivity contribution in [3.63, 3.8) is 0 Å². The highest BCUT2D eigenvalue weighted by molar-refractivity contribution is 6.04. The molecule has 7 aromatic carbocycles. The summed E-state index contributed by atoms with van der Waals surface area (Å²) in [5, 5.41) is 4.72. The largest absolute Gasteiger partial charge is 0.436 e. The number of rotatable bonds is 4. The van der Waals surface area contributed by atoms with Crippen molar-refractivity contribution in [2.24, 2.45) is 0 Å². The van der Waals surface area contributed by atoms with Crippen molar-refractivity contribution in [1.82, 2.24) is 19.9 Å². The summed E-state index contributed by atoms with van der Waals surface area (Å²) in [6.07, 6.45) is 2.40. The highest BCUT2D eigenvalue weighted by atomic mass is 16.3. The summed E-state index contributed by atoms with van der Waals surface area (Å²) in [6, 6.07) is 50.7. The number of hydrogen-bond acceptors (Lipinski definition) is 5. The Hall–Kier alpha value is -6.46. The summed E-state index contributed by atoms with van der Waals surface area (Å²) in [4.78, 5) is 20.8. The van der Waals surface area contributed by atoms with Crippen LogP contribution in [-0.2, 0) is 0 Å². The Balaban J connectivity index is 1.18. The first-order valence-corrected chi connectivity index (χ1v) is 17.6. The van der Waals surface area contributed by atoms with Crippen LogP contribution in [0.5, 0.6) is 0 Å². The van der Waals surface area contributed by atoms with Gasteiger partial charge >= 0.3 is 0 Å². The SMILES string of the molecule is c1ccc(-c2nc(-c3ccccc3-c3nc4c(ccc5ccccc54)o3)nc(-c3cc4ccccc4c4c3-c3ccccc3C3CCC43)n2)cc1. The van der Waals surface area contributed by atoms with Crippen molar-refractivity contribution in [3.8, 4) is 56.7 Å². The van der Waals surface area contributed by atoms with Gasteiger partial charge in [0.2, 0.25) is 5.89 Å². The molecule has 0 N–H and O–H groups in total. The van der Waals surface area contributed by atoms with Gasteiger partial charge in [0.05, 0.1) is 0 Å². The number of fused-ring (bicyclic) bond motifs is 11. The minimum Gasteiger partial charge on any atom is -0.436 e. The number of oxazole rings is 1. The van der Waals surface area contributed by atoms with E-state index in [2.05, 4.69) is 91.0 Å². The highest BCUT2D eigenvalue weighted by Crippen LogP contribution is 2.60. The molecule has 0 bridgehead atoms. The molecule has 0 saturated heterocycles. The molecule has 11 rings (SSSR count). The summed E-state index contributed by atoms with van der Waals surface area (Å²) in [5.41, 5.74) is 10.6. The van der Waals surface area contributed by atoms with Gasteiger partial charge in [-0.05, 0) is 81.3 Å². The molecule has 2 unspecified atom stereocenters. The molecule has 2 aliphatic rings. The lowest BCUT2D eigenvalue weighted by atomic mass is 9.59. The lowest BCUT2D eigenvalue weighted by Gasteiger charge is -2.44. The summed E-state index contributed by atoms with van der Waals surface area (Å²) in [5.74, 6) is 3.42. The second-order valence-electron chi connectivity index (χ2n) is 13.7. The minimum atomic E-state index is 0.477. The van der Waals surface area contributed by atoms with Crippen molar-refractivity contribution >= 4 is 32.6 Å². The second-order valence-corrected chi connectivity index (χ2v) is 13.7. The molecule has 2 heterocycles. The van der Waals surface area contributed by atoms with Crippen LogP contribution in [0.2, 0.25) is 0 Å². The smallest absolute Gasteiger partial charge is 0.228 e. The first-order valence-electron chi connectivity index (χ1n) is 17.6. The standard InChI is InChI=1S/C46H30N4O/c1-2-13-28(14-3-1)43-48-44(36-20-10-11-21-37(36)46-47-42-31-17-7-4-12-27(31)22-25-39(42)51-46)50-45(49-43)38-26-29-15-5-6-16-30(29)40-35-24-23-33(35)32-18-8-9-19-34(32)41(38)40/h1-22,25-26,33,35H,23-24H2. The quantitative estimate of drug-likeness (QED) is 0.189. The summed E-state index contributed by atoms with van der Waals surface area (Å²) in [7, 11) is 0. The fraction of sp³-hybridized carbons (Fsp3) is 0.0870. The minimum absolute atomic E-state index is 0.477. The third kappa shape index (κ3) is 4.34. The van der Waals surface area contributed by atoms with Crippen LogP contribution in [0.15, 0.2) is 150 Å². The van der Waals surface area contributed by atoms with Crippen molar-refractivity contribution in [2.75, 3.05) is 0 Å². The van der Waals surface area contributed by atoms with E-state index in [4.69, 9.17) is 24.4 Å². The topological polar surface area (TPSA) is 64.7 Å². The Morgan fingerprint density at radius 1 is 0.471 bits per heavy atom. The van der Waals surface area contributed by atoms with Gasteiger partial charge in [-0.1, -0.05) is 127 Å². The maximum absolute atomic E-state index is 6.46. The molecule has 0 amide bonds. The summed E-state index contributed by atoms with van der Waals surface area (Å²) in [6.45, 7) is 0. The third-order valence-corrected chi connectivity index (χ3v) is 11.0. The van der Waals surface area contributed by atoms with Crippen molar-refractivity contribution in [3.05, 3.63) is 157 Å². The zero-order valence-corrected chi connectivity index (χ0v) is 27.6. The van der Waals surface area contributed by atoms with Gasteiger partial charge in [-0.3, -0.25) is 0 Å². The molecule has 2 aliphatic carbocycles. The van der Waals surface area contributed by atoms with Crippen LogP contribution >= 0.6 is 0 Å². The zero-order chi connectivity index (χ0) is 33.5. The molecule has 9 aromatic rings. The van der Waals surface area contributed by atoms with Gasteiger partial charge in [0.15, 0.2) is 23.1 Å². The molecule has 240 valence electrons. The Morgan fingerprint density at radius 2 is 1.12 bits per heavy atom. The molecule has 2 aromatic heterocycles. The Kier molecular flexibility index (Phi) is 6.14. The molecule has 1 fully saturated rings. The van der Waals surface area contributed by atoms with Crippen LogP contribution < -0.4 is 0 Å². The molecule has 2 atom stereocenters. The molecule has 5 nitrogen and oxygen atoms in total. The molecular formula is C46H30N4O. The lowest BCUT2D eigenvalue weighted by molar-refractivity contribution is 0.345. The van der Waals surface area contributed by atoms with Crippen molar-refractivity contribution < 1.29 is 4.42 Å². The first kappa shape index (κ1) is 28.4. The number of hydrogen-bond donors (Lipinski definition) is 0. The predicted octanol–water partition coefficient (Wildman–Crippen LogP) is 11.6. The van der Waals surface area contributed by atoms with Crippen molar-refractivity contribution in [1.29, 1.82) is 0 Å². The number of nitrogens with zero attached hydrogens (tertiary/aromatic N) is 4. The van der Waals surface area contributed by atoms with Gasteiger partial charge in [-0.25, -0.2) is 19.9 Å². The van der Waals surface area contributed by atoms with E-state index in [1.54, 1.807) is 0 Å². The molecule has 0 aliphatic heterocycles. The van der Waals surface area contributed by atoms with E-state index in [0.717, 1.165) is 44.1 Å². The van der Waals surface area contributed by atoms with Crippen LogP contribution in [-0.4, -0.2) is 19.9 Å². The van der Waals surface area contributed by atoms with E-state index in [1.165, 1.54) is 45.9 Å². The van der Waals surface area contributed by atoms with Gasteiger partial charge < -0.3 is 4.42 Å². The fourth-order valence-corrected chi connectivity index (χ4v) is 8.47. The van der Waals surface area contributed by atoms with Gasteiger partial charge in [-0.15, -0.1) is 0 Å². The van der Waals surface area contributed by atoms with E-state index in [0.29, 0.717) is 35.2 Å². The maximum atomic E-state index is 6.46. The van der Waals surface area contributed by atoms with Crippen LogP contribution in [0.1, 0.15) is 35.8 Å². The monoisotopic (exact) mass is 654 g/mol. The Labute approximate surface area is 294 Å². The van der Waals surface area contributed by atoms with E-state index in [9.17, 15) is 0 Å². The van der Waals surface area contributed by atoms with Crippen LogP contribution in [0.4, 0.5) is 0 Å². The van der Waals surface area contributed by atoms with Crippen LogP contribution in [0.3, 0.4) is 0 Å². The van der Waals surface area contributed by atoms with E-state index >= 15 is 0 Å². The van der Waals surface area contributed by atoms with E-state index < -0.39 is 0 Å². The molecule has 5 heteroatoms.